The molecule has 2 rings (SSSR count). The first-order chi connectivity index (χ1) is 12.0. The van der Waals surface area contributed by atoms with Gasteiger partial charge in [-0.1, -0.05) is 24.3 Å². The average molecular weight is 389 g/mol. The average Bonchev–Trinajstić information content (AvgIpc) is 2.53. The van der Waals surface area contributed by atoms with Crippen molar-refractivity contribution in [1.82, 2.24) is 0 Å². The molecule has 0 aliphatic heterocycles. The molecule has 0 spiro atoms. The van der Waals surface area contributed by atoms with E-state index in [9.17, 15) is 26.4 Å². The first-order valence-corrected chi connectivity index (χ1v) is 8.59. The van der Waals surface area contributed by atoms with Crippen LogP contribution in [0.5, 0.6) is 5.75 Å². The number of para-hydroxylation sites is 1. The molecule has 26 heavy (non-hydrogen) atoms. The Morgan fingerprint density at radius 3 is 2.35 bits per heavy atom. The predicted octanol–water partition coefficient (Wildman–Crippen LogP) is 3.48. The molecule has 0 aliphatic rings. The summed E-state index contributed by atoms with van der Waals surface area (Å²) in [5.41, 5.74) is 0.253. The van der Waals surface area contributed by atoms with Gasteiger partial charge in [-0.15, -0.1) is 13.2 Å². The minimum absolute atomic E-state index is 0.0483. The van der Waals surface area contributed by atoms with Crippen molar-refractivity contribution < 1.29 is 35.9 Å². The summed E-state index contributed by atoms with van der Waals surface area (Å²) in [4.78, 5) is 11.2. The fourth-order valence-corrected chi connectivity index (χ4v) is 3.41. The van der Waals surface area contributed by atoms with Crippen LogP contribution in [0.15, 0.2) is 47.4 Å². The highest BCUT2D eigenvalue weighted by Crippen LogP contribution is 2.31. The third-order valence-electron chi connectivity index (χ3n) is 3.27. The van der Waals surface area contributed by atoms with Gasteiger partial charge in [0.1, 0.15) is 10.6 Å². The number of sulfonamides is 1. The lowest BCUT2D eigenvalue weighted by atomic mass is 10.1. The molecule has 0 saturated heterocycles. The lowest BCUT2D eigenvalue weighted by Crippen LogP contribution is -2.21. The highest BCUT2D eigenvalue weighted by Gasteiger charge is 2.34. The minimum Gasteiger partial charge on any atom is -0.465 e. The van der Waals surface area contributed by atoms with E-state index in [4.69, 9.17) is 0 Å². The van der Waals surface area contributed by atoms with Crippen molar-refractivity contribution in [3.8, 4) is 5.75 Å². The predicted molar refractivity (Wildman–Crippen MR) is 86.5 cm³/mol. The molecule has 0 atom stereocenters. The van der Waals surface area contributed by atoms with E-state index in [0.717, 1.165) is 19.2 Å². The van der Waals surface area contributed by atoms with E-state index in [1.54, 1.807) is 13.0 Å². The van der Waals surface area contributed by atoms with Crippen LogP contribution in [0.3, 0.4) is 0 Å². The highest BCUT2D eigenvalue weighted by molar-refractivity contribution is 7.92. The molecule has 0 heterocycles. The fourth-order valence-electron chi connectivity index (χ4n) is 2.21. The topological polar surface area (TPSA) is 81.7 Å². The lowest BCUT2D eigenvalue weighted by molar-refractivity contribution is -0.275. The van der Waals surface area contributed by atoms with Crippen LogP contribution in [0.4, 0.5) is 18.9 Å². The Bertz CT molecular complexity index is 926. The molecule has 2 aromatic rings. The van der Waals surface area contributed by atoms with Gasteiger partial charge in [-0.3, -0.25) is 4.72 Å². The molecule has 2 aromatic carbocycles. The number of nitrogens with one attached hydrogen (secondary N) is 1. The number of benzene rings is 2. The first kappa shape index (κ1) is 19.6. The summed E-state index contributed by atoms with van der Waals surface area (Å²) in [6, 6.07) is 8.62. The Hall–Kier alpha value is -2.75. The minimum atomic E-state index is -5.06. The Labute approximate surface area is 147 Å². The molecule has 10 heteroatoms. The lowest BCUT2D eigenvalue weighted by Gasteiger charge is -2.16. The number of halogens is 3. The molecule has 0 fully saturated rings. The van der Waals surface area contributed by atoms with E-state index >= 15 is 0 Å². The Balaban J connectivity index is 2.49. The van der Waals surface area contributed by atoms with Gasteiger partial charge in [0.15, 0.2) is 0 Å². The van der Waals surface area contributed by atoms with E-state index < -0.39 is 33.0 Å². The van der Waals surface area contributed by atoms with Gasteiger partial charge < -0.3 is 9.47 Å². The highest BCUT2D eigenvalue weighted by atomic mass is 32.2. The summed E-state index contributed by atoms with van der Waals surface area (Å²) in [5, 5.41) is 0. The van der Waals surface area contributed by atoms with Gasteiger partial charge in [0.2, 0.25) is 0 Å². The number of esters is 1. The largest absolute Gasteiger partial charge is 0.573 e. The van der Waals surface area contributed by atoms with Crippen LogP contribution in [0.25, 0.3) is 0 Å². The molecule has 0 radical (unpaired) electrons. The molecule has 0 unspecified atom stereocenters. The van der Waals surface area contributed by atoms with Crippen molar-refractivity contribution in [3.63, 3.8) is 0 Å². The van der Waals surface area contributed by atoms with Gasteiger partial charge in [-0.2, -0.15) is 0 Å². The van der Waals surface area contributed by atoms with E-state index in [-0.39, 0.29) is 11.3 Å². The van der Waals surface area contributed by atoms with Gasteiger partial charge in [-0.25, -0.2) is 13.2 Å². The molecule has 140 valence electrons. The molecule has 6 nitrogen and oxygen atoms in total. The van der Waals surface area contributed by atoms with E-state index in [1.807, 2.05) is 0 Å². The molecule has 1 N–H and O–H groups in total. The number of anilines is 1. The number of hydrogen-bond acceptors (Lipinski definition) is 5. The normalized spacial score (nSPS) is 11.7. The summed E-state index contributed by atoms with van der Waals surface area (Å²) in [6.45, 7) is 1.56. The van der Waals surface area contributed by atoms with Crippen molar-refractivity contribution in [2.45, 2.75) is 18.2 Å². The summed E-state index contributed by atoms with van der Waals surface area (Å²) < 4.78 is 73.2. The van der Waals surface area contributed by atoms with E-state index in [0.29, 0.717) is 5.56 Å². The molecular formula is C16H14F3NO5S. The van der Waals surface area contributed by atoms with E-state index in [2.05, 4.69) is 14.2 Å². The molecular weight excluding hydrogens is 375 g/mol. The molecule has 0 aromatic heterocycles. The quantitative estimate of drug-likeness (QED) is 0.792. The second-order valence-electron chi connectivity index (χ2n) is 5.09. The number of alkyl halides is 3. The smallest absolute Gasteiger partial charge is 0.465 e. The van der Waals surface area contributed by atoms with Crippen LogP contribution in [0, 0.1) is 6.92 Å². The van der Waals surface area contributed by atoms with Crippen molar-refractivity contribution in [2.75, 3.05) is 11.8 Å². The number of hydrogen-bond donors (Lipinski definition) is 1. The summed E-state index contributed by atoms with van der Waals surface area (Å²) >= 11 is 0. The number of ether oxygens (including phenoxy) is 2. The second-order valence-corrected chi connectivity index (χ2v) is 6.74. The summed E-state index contributed by atoms with van der Waals surface area (Å²) in [5.74, 6) is -1.68. The first-order valence-electron chi connectivity index (χ1n) is 7.10. The number of carbonyl (C=O) groups is 1. The molecule has 0 bridgehead atoms. The zero-order chi connectivity index (χ0) is 19.5. The van der Waals surface area contributed by atoms with Crippen LogP contribution in [0.2, 0.25) is 0 Å². The maximum Gasteiger partial charge on any atom is 0.573 e. The van der Waals surface area contributed by atoms with Gasteiger partial charge >= 0.3 is 12.3 Å². The molecule has 0 aliphatic carbocycles. The molecule has 0 amide bonds. The number of methoxy groups -OCH3 is 1. The van der Waals surface area contributed by atoms with Gasteiger partial charge in [-0.05, 0) is 30.7 Å². The standard InChI is InChI=1S/C16H14F3NO5S/c1-10-6-5-7-11(14(10)15(21)24-2)20-26(22,23)13-9-4-3-8-12(13)25-16(17,18)19/h3-9,20H,1-2H3. The zero-order valence-electron chi connectivity index (χ0n) is 13.6. The van der Waals surface area contributed by atoms with Gasteiger partial charge in [0.05, 0.1) is 18.4 Å². The summed E-state index contributed by atoms with van der Waals surface area (Å²) in [6.07, 6.45) is -5.06. The van der Waals surface area contributed by atoms with E-state index in [1.165, 1.54) is 24.3 Å². The molecule has 0 saturated carbocycles. The van der Waals surface area contributed by atoms with Crippen LogP contribution >= 0.6 is 0 Å². The maximum absolute atomic E-state index is 12.6. The van der Waals surface area contributed by atoms with Crippen molar-refractivity contribution >= 4 is 21.7 Å². The number of rotatable bonds is 5. The SMILES string of the molecule is COC(=O)c1c(C)cccc1NS(=O)(=O)c1ccccc1OC(F)(F)F. The number of aryl methyl sites for hydroxylation is 1. The maximum atomic E-state index is 12.6. The number of carbonyl (C=O) groups excluding carboxylic acids is 1. The van der Waals surface area contributed by atoms with Crippen LogP contribution in [0.1, 0.15) is 15.9 Å². The van der Waals surface area contributed by atoms with Crippen LogP contribution in [-0.4, -0.2) is 27.9 Å². The van der Waals surface area contributed by atoms with Crippen LogP contribution in [-0.2, 0) is 14.8 Å². The van der Waals surface area contributed by atoms with Crippen molar-refractivity contribution in [3.05, 3.63) is 53.6 Å². The zero-order valence-corrected chi connectivity index (χ0v) is 14.4. The fraction of sp³-hybridized carbons (Fsp3) is 0.188. The Kier molecular flexibility index (Phi) is 5.45. The third-order valence-corrected chi connectivity index (χ3v) is 4.68. The Morgan fingerprint density at radius 2 is 1.73 bits per heavy atom. The van der Waals surface area contributed by atoms with Crippen molar-refractivity contribution in [2.24, 2.45) is 0 Å². The monoisotopic (exact) mass is 389 g/mol. The van der Waals surface area contributed by atoms with Gasteiger partial charge in [0, 0.05) is 0 Å². The second kappa shape index (κ2) is 7.24. The Morgan fingerprint density at radius 1 is 1.08 bits per heavy atom. The van der Waals surface area contributed by atoms with Crippen molar-refractivity contribution in [1.29, 1.82) is 0 Å². The van der Waals surface area contributed by atoms with Gasteiger partial charge in [0.25, 0.3) is 10.0 Å². The summed E-state index contributed by atoms with van der Waals surface area (Å²) in [7, 11) is -3.36. The van der Waals surface area contributed by atoms with Crippen LogP contribution < -0.4 is 9.46 Å². The third kappa shape index (κ3) is 4.45.